The Kier molecular flexibility index (Phi) is 5.01. The van der Waals surface area contributed by atoms with Gasteiger partial charge in [-0.2, -0.15) is 0 Å². The quantitative estimate of drug-likeness (QED) is 0.830. The number of amides is 1. The molecule has 1 aliphatic carbocycles. The number of hydrogen-bond acceptors (Lipinski definition) is 5. The van der Waals surface area contributed by atoms with Crippen LogP contribution < -0.4 is 5.32 Å². The molecule has 0 radical (unpaired) electrons. The van der Waals surface area contributed by atoms with Gasteiger partial charge in [-0.1, -0.05) is 41.1 Å². The van der Waals surface area contributed by atoms with Crippen molar-refractivity contribution in [3.8, 4) is 0 Å². The predicted molar refractivity (Wildman–Crippen MR) is 100 cm³/mol. The van der Waals surface area contributed by atoms with E-state index in [1.54, 1.807) is 0 Å². The van der Waals surface area contributed by atoms with Gasteiger partial charge in [-0.25, -0.2) is 0 Å². The van der Waals surface area contributed by atoms with Crippen molar-refractivity contribution in [1.82, 2.24) is 15.1 Å². The average molecular weight is 377 g/mol. The fraction of sp³-hybridized carbons (Fsp3) is 0.500. The molecule has 2 heterocycles. The van der Waals surface area contributed by atoms with Crippen LogP contribution in [-0.2, 0) is 4.79 Å². The van der Waals surface area contributed by atoms with Crippen LogP contribution in [0, 0.1) is 0 Å². The van der Waals surface area contributed by atoms with Gasteiger partial charge in [0.1, 0.15) is 5.01 Å². The molecule has 1 atom stereocenters. The topological polar surface area (TPSA) is 58.1 Å². The lowest BCUT2D eigenvalue weighted by molar-refractivity contribution is -0.116. The van der Waals surface area contributed by atoms with Crippen molar-refractivity contribution in [3.63, 3.8) is 0 Å². The van der Waals surface area contributed by atoms with Gasteiger partial charge in [0.15, 0.2) is 0 Å². The van der Waals surface area contributed by atoms with Crippen molar-refractivity contribution in [2.45, 2.75) is 37.5 Å². The van der Waals surface area contributed by atoms with E-state index in [0.717, 1.165) is 36.1 Å². The summed E-state index contributed by atoms with van der Waals surface area (Å²) >= 11 is 7.81. The molecular weight excluding hydrogens is 356 g/mol. The number of rotatable bonds is 6. The van der Waals surface area contributed by atoms with Crippen molar-refractivity contribution in [1.29, 1.82) is 0 Å². The lowest BCUT2D eigenvalue weighted by Crippen LogP contribution is -2.25. The van der Waals surface area contributed by atoms with Crippen LogP contribution in [0.25, 0.3) is 0 Å². The molecule has 0 bridgehead atoms. The van der Waals surface area contributed by atoms with Crippen LogP contribution in [0.5, 0.6) is 0 Å². The summed E-state index contributed by atoms with van der Waals surface area (Å²) in [6.07, 6.45) is 3.97. The summed E-state index contributed by atoms with van der Waals surface area (Å²) in [4.78, 5) is 14.5. The monoisotopic (exact) mass is 376 g/mol. The van der Waals surface area contributed by atoms with E-state index in [1.165, 1.54) is 29.7 Å². The molecule has 0 spiro atoms. The number of hydrogen-bond donors (Lipinski definition) is 1. The number of aromatic nitrogens is 2. The fourth-order valence-electron chi connectivity index (χ4n) is 3.32. The second kappa shape index (κ2) is 7.40. The van der Waals surface area contributed by atoms with Crippen molar-refractivity contribution < 1.29 is 4.79 Å². The molecule has 2 fully saturated rings. The molecule has 7 heteroatoms. The summed E-state index contributed by atoms with van der Waals surface area (Å²) in [5.41, 5.74) is 1.22. The highest BCUT2D eigenvalue weighted by Crippen LogP contribution is 2.42. The lowest BCUT2D eigenvalue weighted by atomic mass is 9.98. The first-order chi connectivity index (χ1) is 12.2. The highest BCUT2D eigenvalue weighted by Gasteiger charge is 2.28. The van der Waals surface area contributed by atoms with Crippen LogP contribution in [0.4, 0.5) is 5.13 Å². The maximum atomic E-state index is 12.1. The minimum absolute atomic E-state index is 0.0136. The first-order valence-corrected chi connectivity index (χ1v) is 9.98. The van der Waals surface area contributed by atoms with Gasteiger partial charge in [0, 0.05) is 30.5 Å². The second-order valence-electron chi connectivity index (χ2n) is 6.83. The smallest absolute Gasteiger partial charge is 0.227 e. The zero-order valence-corrected chi connectivity index (χ0v) is 15.5. The number of likely N-dealkylation sites (tertiary alicyclic amines) is 1. The van der Waals surface area contributed by atoms with Crippen LogP contribution in [0.15, 0.2) is 24.3 Å². The van der Waals surface area contributed by atoms with Crippen LogP contribution in [0.3, 0.4) is 0 Å². The largest absolute Gasteiger partial charge is 0.302 e. The molecule has 5 nitrogen and oxygen atoms in total. The molecule has 1 amide bonds. The van der Waals surface area contributed by atoms with Crippen LogP contribution >= 0.6 is 22.9 Å². The molecular formula is C18H21ClN4OS. The summed E-state index contributed by atoms with van der Waals surface area (Å²) in [6, 6.07) is 8.06. The predicted octanol–water partition coefficient (Wildman–Crippen LogP) is 3.89. The summed E-state index contributed by atoms with van der Waals surface area (Å²) in [7, 11) is 0. The molecule has 4 rings (SSSR count). The molecule has 1 aliphatic heterocycles. The van der Waals surface area contributed by atoms with E-state index in [2.05, 4.69) is 26.5 Å². The Morgan fingerprint density at radius 3 is 2.88 bits per heavy atom. The molecule has 1 unspecified atom stereocenters. The van der Waals surface area contributed by atoms with E-state index in [1.807, 2.05) is 18.2 Å². The summed E-state index contributed by atoms with van der Waals surface area (Å²) in [5.74, 6) is 1.05. The second-order valence-corrected chi connectivity index (χ2v) is 8.24. The Balaban J connectivity index is 1.24. The molecule has 1 saturated heterocycles. The van der Waals surface area contributed by atoms with Gasteiger partial charge >= 0.3 is 0 Å². The van der Waals surface area contributed by atoms with E-state index in [4.69, 9.17) is 11.6 Å². The van der Waals surface area contributed by atoms with Crippen molar-refractivity contribution in [2.24, 2.45) is 0 Å². The Labute approximate surface area is 156 Å². The van der Waals surface area contributed by atoms with E-state index in [-0.39, 0.29) is 5.91 Å². The van der Waals surface area contributed by atoms with Crippen molar-refractivity contribution >= 4 is 34.0 Å². The summed E-state index contributed by atoms with van der Waals surface area (Å²) in [6.45, 7) is 2.73. The number of nitrogens with one attached hydrogen (secondary N) is 1. The molecule has 1 N–H and O–H groups in total. The van der Waals surface area contributed by atoms with Crippen LogP contribution in [0.2, 0.25) is 5.02 Å². The SMILES string of the molecule is O=C(CCN1CCC(c2ccccc2Cl)C1)Nc1nnc(C2CC2)s1. The van der Waals surface area contributed by atoms with Crippen molar-refractivity contribution in [3.05, 3.63) is 39.9 Å². The molecule has 2 aromatic rings. The van der Waals surface area contributed by atoms with Gasteiger partial charge in [-0.15, -0.1) is 10.2 Å². The van der Waals surface area contributed by atoms with Crippen molar-refractivity contribution in [2.75, 3.05) is 25.0 Å². The summed E-state index contributed by atoms with van der Waals surface area (Å²) < 4.78 is 0. The number of anilines is 1. The number of halogens is 1. The third-order valence-corrected chi connectivity index (χ3v) is 6.23. The van der Waals surface area contributed by atoms with Gasteiger partial charge in [-0.3, -0.25) is 4.79 Å². The van der Waals surface area contributed by atoms with E-state index >= 15 is 0 Å². The standard InChI is InChI=1S/C18H21ClN4OS/c19-15-4-2-1-3-14(15)13-7-9-23(11-13)10-8-16(24)20-18-22-21-17(25-18)12-5-6-12/h1-4,12-13H,5-11H2,(H,20,22,24). The third kappa shape index (κ3) is 4.19. The molecule has 1 aromatic carbocycles. The minimum Gasteiger partial charge on any atom is -0.302 e. The maximum Gasteiger partial charge on any atom is 0.227 e. The van der Waals surface area contributed by atoms with Gasteiger partial charge < -0.3 is 10.2 Å². The van der Waals surface area contributed by atoms with Gasteiger partial charge in [-0.05, 0) is 43.4 Å². The fourth-order valence-corrected chi connectivity index (χ4v) is 4.54. The van der Waals surface area contributed by atoms with E-state index < -0.39 is 0 Å². The molecule has 1 aromatic heterocycles. The molecule has 25 heavy (non-hydrogen) atoms. The average Bonchev–Trinajstić information content (AvgIpc) is 3.17. The first kappa shape index (κ1) is 16.9. The Bertz CT molecular complexity index is 761. The highest BCUT2D eigenvalue weighted by atomic mass is 35.5. The van der Waals surface area contributed by atoms with Crippen LogP contribution in [-0.4, -0.2) is 40.6 Å². The van der Waals surface area contributed by atoms with Gasteiger partial charge in [0.2, 0.25) is 11.0 Å². The number of benzene rings is 1. The zero-order chi connectivity index (χ0) is 17.2. The number of nitrogens with zero attached hydrogens (tertiary/aromatic N) is 3. The number of carbonyl (C=O) groups excluding carboxylic acids is 1. The molecule has 1 saturated carbocycles. The molecule has 2 aliphatic rings. The molecule has 132 valence electrons. The maximum absolute atomic E-state index is 12.1. The number of carbonyl (C=O) groups is 1. The normalized spacial score (nSPS) is 20.8. The highest BCUT2D eigenvalue weighted by molar-refractivity contribution is 7.15. The Hall–Kier alpha value is -1.50. The Morgan fingerprint density at radius 2 is 2.08 bits per heavy atom. The Morgan fingerprint density at radius 1 is 1.24 bits per heavy atom. The van der Waals surface area contributed by atoms with E-state index in [9.17, 15) is 4.79 Å². The first-order valence-electron chi connectivity index (χ1n) is 8.79. The summed E-state index contributed by atoms with van der Waals surface area (Å²) in [5, 5.41) is 13.6. The minimum atomic E-state index is 0.0136. The zero-order valence-electron chi connectivity index (χ0n) is 13.9. The lowest BCUT2D eigenvalue weighted by Gasteiger charge is -2.16. The van der Waals surface area contributed by atoms with Crippen LogP contribution in [0.1, 0.15) is 48.1 Å². The van der Waals surface area contributed by atoms with Gasteiger partial charge in [0.25, 0.3) is 0 Å². The third-order valence-electron chi connectivity index (χ3n) is 4.89. The van der Waals surface area contributed by atoms with E-state index in [0.29, 0.717) is 23.4 Å². The van der Waals surface area contributed by atoms with Gasteiger partial charge in [0.05, 0.1) is 0 Å².